The molecule has 1 aromatic heterocycles. The van der Waals surface area contributed by atoms with Gasteiger partial charge in [0.25, 0.3) is 0 Å². The van der Waals surface area contributed by atoms with Gasteiger partial charge in [-0.1, -0.05) is 5.16 Å². The van der Waals surface area contributed by atoms with Gasteiger partial charge in [0.1, 0.15) is 0 Å². The molecule has 7 heavy (non-hydrogen) atoms. The number of rotatable bonds is 1. The van der Waals surface area contributed by atoms with Crippen LogP contribution in [0, 0.1) is 6.39 Å². The van der Waals surface area contributed by atoms with Crippen LogP contribution >= 0.6 is 0 Å². The highest BCUT2D eigenvalue weighted by Gasteiger charge is 1.92. The summed E-state index contributed by atoms with van der Waals surface area (Å²) in [5.74, 6) is 0.0417. The lowest BCUT2D eigenvalue weighted by atomic mass is 10.7. The Morgan fingerprint density at radius 2 is 2.71 bits per heavy atom. The van der Waals surface area contributed by atoms with Crippen molar-refractivity contribution in [1.29, 1.82) is 0 Å². The Bertz CT molecular complexity index is 127. The molecule has 0 saturated heterocycles. The molecular formula is C3H2FN2O. The Hall–Kier alpha value is -0.930. The zero-order chi connectivity index (χ0) is 5.11. The van der Waals surface area contributed by atoms with Gasteiger partial charge >= 0.3 is 6.39 Å². The number of halogens is 1. The molecule has 0 bridgehead atoms. The van der Waals surface area contributed by atoms with Crippen molar-refractivity contribution in [3.8, 4) is 0 Å². The highest BCUT2D eigenvalue weighted by atomic mass is 19.1. The van der Waals surface area contributed by atoms with Crippen LogP contribution in [-0.2, 0) is 6.67 Å². The molecule has 1 radical (unpaired) electrons. The first-order valence-electron chi connectivity index (χ1n) is 1.68. The number of nitrogens with zero attached hydrogens (tertiary/aromatic N) is 2. The SMILES string of the molecule is FCc1n[c]on1. The molecule has 0 aliphatic carbocycles. The fourth-order valence-electron chi connectivity index (χ4n) is 0.221. The predicted octanol–water partition coefficient (Wildman–Crippen LogP) is 0.339. The zero-order valence-electron chi connectivity index (χ0n) is 3.39. The first-order valence-corrected chi connectivity index (χ1v) is 1.68. The number of hydrogen-bond acceptors (Lipinski definition) is 3. The highest BCUT2D eigenvalue weighted by Crippen LogP contribution is 1.87. The summed E-state index contributed by atoms with van der Waals surface area (Å²) in [6, 6.07) is 0. The monoisotopic (exact) mass is 101 g/mol. The Balaban J connectivity index is 2.76. The Morgan fingerprint density at radius 3 is 3.00 bits per heavy atom. The molecule has 0 aliphatic rings. The van der Waals surface area contributed by atoms with Crippen LogP contribution in [0.4, 0.5) is 4.39 Å². The lowest BCUT2D eigenvalue weighted by Crippen LogP contribution is -1.77. The second-order valence-electron chi connectivity index (χ2n) is 0.936. The average Bonchev–Trinajstić information content (AvgIpc) is 2.14. The van der Waals surface area contributed by atoms with Crippen LogP contribution in [0.2, 0.25) is 0 Å². The predicted molar refractivity (Wildman–Crippen MR) is 17.9 cm³/mol. The molecule has 0 spiro atoms. The number of alkyl halides is 1. The second kappa shape index (κ2) is 1.68. The van der Waals surface area contributed by atoms with E-state index in [1.165, 1.54) is 0 Å². The Labute approximate surface area is 39.1 Å². The lowest BCUT2D eigenvalue weighted by molar-refractivity contribution is 0.384. The molecule has 0 aliphatic heterocycles. The third-order valence-electron chi connectivity index (χ3n) is 0.486. The van der Waals surface area contributed by atoms with E-state index in [0.717, 1.165) is 0 Å². The smallest absolute Gasteiger partial charge is 0.316 e. The lowest BCUT2D eigenvalue weighted by Gasteiger charge is -1.69. The van der Waals surface area contributed by atoms with E-state index in [1.807, 2.05) is 6.39 Å². The van der Waals surface area contributed by atoms with Crippen molar-refractivity contribution in [2.45, 2.75) is 6.67 Å². The summed E-state index contributed by atoms with van der Waals surface area (Å²) in [5, 5.41) is 3.12. The van der Waals surface area contributed by atoms with Gasteiger partial charge in [-0.2, -0.15) is 4.98 Å². The molecule has 4 heteroatoms. The summed E-state index contributed by atoms with van der Waals surface area (Å²) in [6.07, 6.45) is 2.00. The summed E-state index contributed by atoms with van der Waals surface area (Å²) in [6.45, 7) is -0.688. The van der Waals surface area contributed by atoms with E-state index in [0.29, 0.717) is 0 Å². The van der Waals surface area contributed by atoms with Crippen LogP contribution in [0.15, 0.2) is 4.52 Å². The minimum Gasteiger partial charge on any atom is -0.328 e. The maximum atomic E-state index is 11.4. The number of aromatic nitrogens is 2. The van der Waals surface area contributed by atoms with Crippen molar-refractivity contribution in [2.75, 3.05) is 0 Å². The minimum absolute atomic E-state index is 0.0417. The van der Waals surface area contributed by atoms with E-state index in [2.05, 4.69) is 14.7 Å². The van der Waals surface area contributed by atoms with Crippen LogP contribution in [0.3, 0.4) is 0 Å². The molecule has 0 saturated carbocycles. The highest BCUT2D eigenvalue weighted by molar-refractivity contribution is 4.70. The second-order valence-corrected chi connectivity index (χ2v) is 0.936. The van der Waals surface area contributed by atoms with Crippen LogP contribution in [0.25, 0.3) is 0 Å². The van der Waals surface area contributed by atoms with Gasteiger partial charge in [0, 0.05) is 0 Å². The third kappa shape index (κ3) is 0.734. The standard InChI is InChI=1S/C3H2FN2O/c4-1-3-5-2-7-6-3/h1H2. The Kier molecular flexibility index (Phi) is 1.02. The van der Waals surface area contributed by atoms with E-state index in [1.54, 1.807) is 0 Å². The van der Waals surface area contributed by atoms with E-state index < -0.39 is 6.67 Å². The molecule has 0 atom stereocenters. The van der Waals surface area contributed by atoms with Crippen molar-refractivity contribution >= 4 is 0 Å². The largest absolute Gasteiger partial charge is 0.328 e. The van der Waals surface area contributed by atoms with E-state index in [9.17, 15) is 4.39 Å². The van der Waals surface area contributed by atoms with Gasteiger partial charge < -0.3 is 4.52 Å². The molecule has 0 N–H and O–H groups in total. The van der Waals surface area contributed by atoms with Crippen molar-refractivity contribution in [3.63, 3.8) is 0 Å². The summed E-state index contributed by atoms with van der Waals surface area (Å²) < 4.78 is 15.4. The average molecular weight is 101 g/mol. The fourth-order valence-corrected chi connectivity index (χ4v) is 0.221. The van der Waals surface area contributed by atoms with Crippen molar-refractivity contribution in [3.05, 3.63) is 12.2 Å². The van der Waals surface area contributed by atoms with E-state index >= 15 is 0 Å². The maximum absolute atomic E-state index is 11.4. The van der Waals surface area contributed by atoms with Crippen LogP contribution in [0.1, 0.15) is 5.82 Å². The minimum atomic E-state index is -0.688. The Morgan fingerprint density at radius 1 is 1.86 bits per heavy atom. The first kappa shape index (κ1) is 4.23. The van der Waals surface area contributed by atoms with Gasteiger partial charge in [-0.25, -0.2) is 4.39 Å². The maximum Gasteiger partial charge on any atom is 0.316 e. The van der Waals surface area contributed by atoms with Gasteiger partial charge in [-0.05, 0) is 0 Å². The van der Waals surface area contributed by atoms with Gasteiger partial charge in [-0.15, -0.1) is 0 Å². The molecule has 3 nitrogen and oxygen atoms in total. The number of hydrogen-bond donors (Lipinski definition) is 0. The van der Waals surface area contributed by atoms with Crippen molar-refractivity contribution in [1.82, 2.24) is 10.1 Å². The molecule has 0 unspecified atom stereocenters. The molecule has 1 rings (SSSR count). The van der Waals surface area contributed by atoms with Crippen molar-refractivity contribution < 1.29 is 8.91 Å². The molecule has 37 valence electrons. The molecular weight excluding hydrogens is 99.0 g/mol. The van der Waals surface area contributed by atoms with Crippen LogP contribution in [0.5, 0.6) is 0 Å². The fraction of sp³-hybridized carbons (Fsp3) is 0.333. The first-order chi connectivity index (χ1) is 3.43. The quantitative estimate of drug-likeness (QED) is 0.512. The topological polar surface area (TPSA) is 38.9 Å². The van der Waals surface area contributed by atoms with Crippen LogP contribution in [-0.4, -0.2) is 10.1 Å². The molecule has 1 aromatic rings. The van der Waals surface area contributed by atoms with Crippen molar-refractivity contribution in [2.24, 2.45) is 0 Å². The molecule has 0 aromatic carbocycles. The zero-order valence-corrected chi connectivity index (χ0v) is 3.39. The van der Waals surface area contributed by atoms with Gasteiger partial charge in [-0.3, -0.25) is 0 Å². The summed E-state index contributed by atoms with van der Waals surface area (Å²) in [4.78, 5) is 3.26. The molecule has 0 amide bonds. The molecule has 0 fully saturated rings. The van der Waals surface area contributed by atoms with E-state index in [-0.39, 0.29) is 5.82 Å². The van der Waals surface area contributed by atoms with E-state index in [4.69, 9.17) is 0 Å². The summed E-state index contributed by atoms with van der Waals surface area (Å²) in [7, 11) is 0. The summed E-state index contributed by atoms with van der Waals surface area (Å²) >= 11 is 0. The van der Waals surface area contributed by atoms with Gasteiger partial charge in [0.15, 0.2) is 6.67 Å². The molecule has 1 heterocycles. The van der Waals surface area contributed by atoms with Crippen LogP contribution < -0.4 is 0 Å². The summed E-state index contributed by atoms with van der Waals surface area (Å²) in [5.41, 5.74) is 0. The third-order valence-corrected chi connectivity index (χ3v) is 0.486. The van der Waals surface area contributed by atoms with Gasteiger partial charge in [0.2, 0.25) is 5.82 Å². The van der Waals surface area contributed by atoms with Gasteiger partial charge in [0.05, 0.1) is 0 Å². The normalized spacial score (nSPS) is 9.29.